The van der Waals surface area contributed by atoms with Crippen LogP contribution < -0.4 is 4.74 Å². The van der Waals surface area contributed by atoms with Gasteiger partial charge in [-0.15, -0.1) is 0 Å². The van der Waals surface area contributed by atoms with Gasteiger partial charge in [-0.3, -0.25) is 4.90 Å². The standard InChI is InChI=1S/C32H38N2O5S/c1-23-19-34(24(2)22-35)40(37,38)32-17-14-26(11-10-25(3)36)18-30(32)39-31(23)21-33(4)20-27-12-15-29(16-13-27)28-8-6-5-7-9-28/h5-9,12-18,23-25,31,35-36H,19-22H2,1-4H3/t23-,24-,25+,31-/m0/s1. The van der Waals surface area contributed by atoms with E-state index in [0.29, 0.717) is 18.7 Å². The van der Waals surface area contributed by atoms with Crippen LogP contribution in [-0.4, -0.2) is 72.8 Å². The number of likely N-dealkylation sites (N-methyl/N-ethyl adjacent to an activating group) is 1. The van der Waals surface area contributed by atoms with Crippen LogP contribution >= 0.6 is 0 Å². The maximum Gasteiger partial charge on any atom is 0.247 e. The van der Waals surface area contributed by atoms with Gasteiger partial charge in [0.2, 0.25) is 10.0 Å². The Morgan fingerprint density at radius 3 is 2.38 bits per heavy atom. The first-order valence-electron chi connectivity index (χ1n) is 13.5. The van der Waals surface area contributed by atoms with E-state index < -0.39 is 22.2 Å². The molecule has 0 saturated heterocycles. The Kier molecular flexibility index (Phi) is 9.67. The number of aliphatic hydroxyl groups is 2. The number of fused-ring (bicyclic) bond motifs is 1. The molecule has 2 N–H and O–H groups in total. The Labute approximate surface area is 238 Å². The Balaban J connectivity index is 1.59. The van der Waals surface area contributed by atoms with Crippen LogP contribution in [0.25, 0.3) is 11.1 Å². The molecular weight excluding hydrogens is 524 g/mol. The van der Waals surface area contributed by atoms with Gasteiger partial charge in [0, 0.05) is 37.2 Å². The maximum atomic E-state index is 13.6. The van der Waals surface area contributed by atoms with Gasteiger partial charge in [0.25, 0.3) is 0 Å². The van der Waals surface area contributed by atoms with E-state index in [0.717, 1.165) is 11.1 Å². The fourth-order valence-electron chi connectivity index (χ4n) is 4.83. The van der Waals surface area contributed by atoms with Crippen molar-refractivity contribution in [2.75, 3.05) is 26.7 Å². The zero-order valence-electron chi connectivity index (χ0n) is 23.5. The van der Waals surface area contributed by atoms with E-state index in [-0.39, 0.29) is 35.8 Å². The third-order valence-electron chi connectivity index (χ3n) is 7.10. The highest BCUT2D eigenvalue weighted by Gasteiger charge is 2.38. The number of hydrogen-bond donors (Lipinski definition) is 2. The Morgan fingerprint density at radius 2 is 1.73 bits per heavy atom. The monoisotopic (exact) mass is 562 g/mol. The molecule has 4 rings (SSSR count). The number of rotatable bonds is 7. The minimum atomic E-state index is -3.93. The number of ether oxygens (including phenoxy) is 1. The van der Waals surface area contributed by atoms with Gasteiger partial charge >= 0.3 is 0 Å². The summed E-state index contributed by atoms with van der Waals surface area (Å²) in [6.07, 6.45) is -1.13. The molecule has 40 heavy (non-hydrogen) atoms. The minimum Gasteiger partial charge on any atom is -0.487 e. The zero-order valence-corrected chi connectivity index (χ0v) is 24.3. The van der Waals surface area contributed by atoms with Crippen molar-refractivity contribution >= 4 is 10.0 Å². The second-order valence-corrected chi connectivity index (χ2v) is 12.5. The van der Waals surface area contributed by atoms with Gasteiger partial charge < -0.3 is 14.9 Å². The van der Waals surface area contributed by atoms with Gasteiger partial charge in [0.15, 0.2) is 0 Å². The molecule has 0 amide bonds. The summed E-state index contributed by atoms with van der Waals surface area (Å²) in [7, 11) is -1.90. The van der Waals surface area contributed by atoms with E-state index >= 15 is 0 Å². The molecule has 0 saturated carbocycles. The Hall–Kier alpha value is -3.19. The molecule has 4 atom stereocenters. The molecule has 3 aromatic rings. The van der Waals surface area contributed by atoms with Gasteiger partial charge in [-0.25, -0.2) is 8.42 Å². The predicted octanol–water partition coefficient (Wildman–Crippen LogP) is 3.99. The summed E-state index contributed by atoms with van der Waals surface area (Å²) in [5.74, 6) is 5.64. The maximum absolute atomic E-state index is 13.6. The average Bonchev–Trinajstić information content (AvgIpc) is 2.94. The van der Waals surface area contributed by atoms with Crippen LogP contribution in [0.3, 0.4) is 0 Å². The first kappa shape index (κ1) is 29.8. The first-order valence-corrected chi connectivity index (χ1v) is 15.0. The Morgan fingerprint density at radius 1 is 1.05 bits per heavy atom. The molecule has 0 unspecified atom stereocenters. The van der Waals surface area contributed by atoms with Gasteiger partial charge in [0.1, 0.15) is 22.9 Å². The second kappa shape index (κ2) is 13.0. The highest BCUT2D eigenvalue weighted by Crippen LogP contribution is 2.34. The third-order valence-corrected chi connectivity index (χ3v) is 9.12. The summed E-state index contributed by atoms with van der Waals surface area (Å²) in [6.45, 7) is 6.44. The zero-order chi connectivity index (χ0) is 28.9. The normalized spacial score (nSPS) is 20.3. The van der Waals surface area contributed by atoms with Crippen molar-refractivity contribution in [2.24, 2.45) is 5.92 Å². The molecular formula is C32H38N2O5S. The van der Waals surface area contributed by atoms with Crippen molar-refractivity contribution in [3.05, 3.63) is 83.9 Å². The first-order chi connectivity index (χ1) is 19.1. The third kappa shape index (κ3) is 7.11. The molecule has 7 nitrogen and oxygen atoms in total. The number of benzene rings is 3. The highest BCUT2D eigenvalue weighted by atomic mass is 32.2. The predicted molar refractivity (Wildman–Crippen MR) is 157 cm³/mol. The second-order valence-electron chi connectivity index (χ2n) is 10.6. The summed E-state index contributed by atoms with van der Waals surface area (Å²) < 4.78 is 35.1. The largest absolute Gasteiger partial charge is 0.487 e. The van der Waals surface area contributed by atoms with Crippen LogP contribution in [0, 0.1) is 17.8 Å². The summed E-state index contributed by atoms with van der Waals surface area (Å²) in [5.41, 5.74) is 4.05. The molecule has 0 spiro atoms. The molecule has 8 heteroatoms. The van der Waals surface area contributed by atoms with Crippen molar-refractivity contribution in [1.29, 1.82) is 0 Å². The number of nitrogens with zero attached hydrogens (tertiary/aromatic N) is 2. The molecule has 0 aromatic heterocycles. The smallest absolute Gasteiger partial charge is 0.247 e. The number of aliphatic hydroxyl groups excluding tert-OH is 2. The van der Waals surface area contributed by atoms with E-state index in [4.69, 9.17) is 4.74 Å². The molecule has 0 bridgehead atoms. The van der Waals surface area contributed by atoms with E-state index in [2.05, 4.69) is 53.1 Å². The quantitative estimate of drug-likeness (QED) is 0.424. The molecule has 0 aliphatic carbocycles. The summed E-state index contributed by atoms with van der Waals surface area (Å²) >= 11 is 0. The molecule has 0 radical (unpaired) electrons. The SMILES string of the molecule is C[C@@H](O)C#Cc1ccc2c(c1)O[C@@H](CN(C)Cc1ccc(-c3ccccc3)cc1)[C@@H](C)CN([C@@H](C)CO)S2(=O)=O. The van der Waals surface area contributed by atoms with Crippen LogP contribution in [0.4, 0.5) is 0 Å². The van der Waals surface area contributed by atoms with Gasteiger partial charge in [0.05, 0.1) is 6.61 Å². The lowest BCUT2D eigenvalue weighted by Crippen LogP contribution is -2.49. The lowest BCUT2D eigenvalue weighted by atomic mass is 10.0. The van der Waals surface area contributed by atoms with Crippen LogP contribution in [0.1, 0.15) is 31.9 Å². The van der Waals surface area contributed by atoms with Crippen LogP contribution in [0.2, 0.25) is 0 Å². The van der Waals surface area contributed by atoms with Crippen molar-refractivity contribution < 1.29 is 23.4 Å². The van der Waals surface area contributed by atoms with Crippen LogP contribution in [0.15, 0.2) is 77.7 Å². The topological polar surface area (TPSA) is 90.3 Å². The van der Waals surface area contributed by atoms with Gasteiger partial charge in [-0.2, -0.15) is 4.31 Å². The van der Waals surface area contributed by atoms with E-state index in [9.17, 15) is 18.6 Å². The van der Waals surface area contributed by atoms with Crippen molar-refractivity contribution in [3.63, 3.8) is 0 Å². The van der Waals surface area contributed by atoms with Crippen molar-refractivity contribution in [1.82, 2.24) is 9.21 Å². The molecule has 1 heterocycles. The molecule has 3 aromatic carbocycles. The van der Waals surface area contributed by atoms with Crippen molar-refractivity contribution in [2.45, 2.75) is 50.5 Å². The number of sulfonamides is 1. The molecule has 1 aliphatic rings. The van der Waals surface area contributed by atoms with Gasteiger partial charge in [-0.05, 0) is 55.8 Å². The lowest BCUT2D eigenvalue weighted by Gasteiger charge is -2.37. The highest BCUT2D eigenvalue weighted by molar-refractivity contribution is 7.89. The molecule has 1 aliphatic heterocycles. The van der Waals surface area contributed by atoms with Crippen molar-refractivity contribution in [3.8, 4) is 28.7 Å². The van der Waals surface area contributed by atoms with Gasteiger partial charge in [-0.1, -0.05) is 73.4 Å². The van der Waals surface area contributed by atoms with Crippen LogP contribution in [0.5, 0.6) is 5.75 Å². The summed E-state index contributed by atoms with van der Waals surface area (Å²) in [5, 5.41) is 19.4. The fourth-order valence-corrected chi connectivity index (χ4v) is 6.65. The lowest BCUT2D eigenvalue weighted by molar-refractivity contribution is 0.0733. The van der Waals surface area contributed by atoms with E-state index in [1.807, 2.05) is 32.2 Å². The molecule has 0 fully saturated rings. The summed E-state index contributed by atoms with van der Waals surface area (Å²) in [6, 6.07) is 22.9. The molecule has 212 valence electrons. The van der Waals surface area contributed by atoms with E-state index in [1.54, 1.807) is 26.0 Å². The average molecular weight is 563 g/mol. The Bertz CT molecular complexity index is 1450. The number of hydrogen-bond acceptors (Lipinski definition) is 6. The summed E-state index contributed by atoms with van der Waals surface area (Å²) in [4.78, 5) is 2.22. The minimum absolute atomic E-state index is 0.0476. The van der Waals surface area contributed by atoms with E-state index in [1.165, 1.54) is 15.9 Å². The fraction of sp³-hybridized carbons (Fsp3) is 0.375. The van der Waals surface area contributed by atoms with Crippen LogP contribution in [-0.2, 0) is 16.6 Å².